The van der Waals surface area contributed by atoms with Crippen LogP contribution in [0, 0.1) is 0 Å². The Kier molecular flexibility index (Phi) is 6.87. The van der Waals surface area contributed by atoms with E-state index in [1.54, 1.807) is 18.4 Å². The Labute approximate surface area is 171 Å². The zero-order valence-electron chi connectivity index (χ0n) is 16.4. The molecule has 1 aromatic heterocycles. The SMILES string of the molecule is CC(=O)C(Cc1ccccc1)NC(=O)CN(Cc1ccco1)C1CCS(=O)(=O)C1. The monoisotopic (exact) mass is 418 g/mol. The van der Waals surface area contributed by atoms with E-state index in [1.165, 1.54) is 6.92 Å². The summed E-state index contributed by atoms with van der Waals surface area (Å²) in [5.41, 5.74) is 0.960. The van der Waals surface area contributed by atoms with E-state index < -0.39 is 15.9 Å². The topological polar surface area (TPSA) is 96.7 Å². The Hall–Kier alpha value is -2.45. The van der Waals surface area contributed by atoms with Crippen LogP contribution in [0.25, 0.3) is 0 Å². The van der Waals surface area contributed by atoms with Crippen molar-refractivity contribution < 1.29 is 22.4 Å². The van der Waals surface area contributed by atoms with E-state index in [-0.39, 0.29) is 35.8 Å². The maximum absolute atomic E-state index is 12.7. The molecule has 2 aromatic rings. The molecule has 0 bridgehead atoms. The van der Waals surface area contributed by atoms with E-state index in [2.05, 4.69) is 5.32 Å². The summed E-state index contributed by atoms with van der Waals surface area (Å²) in [6.07, 6.45) is 2.44. The molecule has 1 aromatic carbocycles. The van der Waals surface area contributed by atoms with E-state index in [1.807, 2.05) is 35.2 Å². The minimum atomic E-state index is -3.09. The third-order valence-corrected chi connectivity index (χ3v) is 6.87. The molecule has 1 fully saturated rings. The van der Waals surface area contributed by atoms with Crippen molar-refractivity contribution >= 4 is 21.5 Å². The van der Waals surface area contributed by atoms with Gasteiger partial charge in [-0.05, 0) is 37.5 Å². The Morgan fingerprint density at radius 1 is 1.21 bits per heavy atom. The standard InChI is InChI=1S/C21H26N2O5S/c1-16(24)20(12-17-6-3-2-4-7-17)22-21(25)14-23(13-19-8-5-10-28-19)18-9-11-29(26,27)15-18/h2-8,10,18,20H,9,11-15H2,1H3,(H,22,25). The molecule has 2 atom stereocenters. The van der Waals surface area contributed by atoms with E-state index in [0.29, 0.717) is 25.1 Å². The van der Waals surface area contributed by atoms with Crippen LogP contribution in [0.5, 0.6) is 0 Å². The smallest absolute Gasteiger partial charge is 0.234 e. The first-order chi connectivity index (χ1) is 13.8. The van der Waals surface area contributed by atoms with Crippen molar-refractivity contribution in [1.29, 1.82) is 0 Å². The van der Waals surface area contributed by atoms with Gasteiger partial charge in [-0.3, -0.25) is 14.5 Å². The second-order valence-corrected chi connectivity index (χ2v) is 9.69. The third-order valence-electron chi connectivity index (χ3n) is 5.12. The van der Waals surface area contributed by atoms with Gasteiger partial charge in [0.05, 0.1) is 36.9 Å². The largest absolute Gasteiger partial charge is 0.468 e. The molecule has 7 nitrogen and oxygen atoms in total. The Morgan fingerprint density at radius 3 is 2.55 bits per heavy atom. The van der Waals surface area contributed by atoms with Crippen molar-refractivity contribution in [2.24, 2.45) is 0 Å². The summed E-state index contributed by atoms with van der Waals surface area (Å²) in [5.74, 6) is 0.383. The number of carbonyl (C=O) groups excluding carboxylic acids is 2. The van der Waals surface area contributed by atoms with Crippen LogP contribution in [0.15, 0.2) is 53.1 Å². The quantitative estimate of drug-likeness (QED) is 0.664. The summed E-state index contributed by atoms with van der Waals surface area (Å²) in [5, 5.41) is 2.81. The number of sulfone groups is 1. The third kappa shape index (κ3) is 6.27. The molecule has 1 amide bonds. The number of hydrogen-bond acceptors (Lipinski definition) is 6. The Morgan fingerprint density at radius 2 is 1.97 bits per heavy atom. The number of hydrogen-bond donors (Lipinski definition) is 1. The van der Waals surface area contributed by atoms with Gasteiger partial charge in [-0.15, -0.1) is 0 Å². The van der Waals surface area contributed by atoms with Crippen LogP contribution in [-0.4, -0.2) is 55.1 Å². The number of ketones is 1. The maximum Gasteiger partial charge on any atom is 0.234 e. The van der Waals surface area contributed by atoms with Crippen LogP contribution >= 0.6 is 0 Å². The predicted molar refractivity (Wildman–Crippen MR) is 109 cm³/mol. The normalized spacial score (nSPS) is 19.2. The number of furan rings is 1. The fraction of sp³-hybridized carbons (Fsp3) is 0.429. The van der Waals surface area contributed by atoms with Crippen molar-refractivity contribution in [2.45, 2.75) is 38.4 Å². The summed E-state index contributed by atoms with van der Waals surface area (Å²) in [4.78, 5) is 26.6. The maximum atomic E-state index is 12.7. The first-order valence-electron chi connectivity index (χ1n) is 9.63. The fourth-order valence-corrected chi connectivity index (χ4v) is 5.31. The molecule has 0 radical (unpaired) electrons. The number of benzene rings is 1. The zero-order valence-corrected chi connectivity index (χ0v) is 17.2. The number of nitrogens with zero attached hydrogens (tertiary/aromatic N) is 1. The second kappa shape index (κ2) is 9.37. The molecule has 0 aliphatic carbocycles. The summed E-state index contributed by atoms with van der Waals surface area (Å²) in [7, 11) is -3.09. The highest BCUT2D eigenvalue weighted by atomic mass is 32.2. The Balaban J connectivity index is 1.67. The van der Waals surface area contributed by atoms with Crippen molar-refractivity contribution in [3.8, 4) is 0 Å². The molecule has 0 saturated carbocycles. The summed E-state index contributed by atoms with van der Waals surface area (Å²) in [6.45, 7) is 1.79. The van der Waals surface area contributed by atoms with Gasteiger partial charge in [0.1, 0.15) is 5.76 Å². The van der Waals surface area contributed by atoms with Gasteiger partial charge in [0.2, 0.25) is 5.91 Å². The molecular formula is C21H26N2O5S. The van der Waals surface area contributed by atoms with Gasteiger partial charge < -0.3 is 9.73 Å². The first-order valence-corrected chi connectivity index (χ1v) is 11.4. The highest BCUT2D eigenvalue weighted by Gasteiger charge is 2.34. The number of carbonyl (C=O) groups is 2. The minimum absolute atomic E-state index is 0.000539. The summed E-state index contributed by atoms with van der Waals surface area (Å²) in [6, 6.07) is 12.2. The average molecular weight is 419 g/mol. The molecule has 156 valence electrons. The van der Waals surface area contributed by atoms with Crippen LogP contribution in [-0.2, 0) is 32.4 Å². The van der Waals surface area contributed by atoms with Crippen molar-refractivity contribution in [1.82, 2.24) is 10.2 Å². The van der Waals surface area contributed by atoms with Gasteiger partial charge in [-0.1, -0.05) is 30.3 Å². The molecule has 2 heterocycles. The molecule has 8 heteroatoms. The van der Waals surface area contributed by atoms with E-state index in [9.17, 15) is 18.0 Å². The lowest BCUT2D eigenvalue weighted by molar-refractivity contribution is -0.128. The highest BCUT2D eigenvalue weighted by Crippen LogP contribution is 2.20. The molecular weight excluding hydrogens is 392 g/mol. The van der Waals surface area contributed by atoms with Crippen LogP contribution < -0.4 is 5.32 Å². The Bertz CT molecular complexity index is 925. The van der Waals surface area contributed by atoms with E-state index in [0.717, 1.165) is 5.56 Å². The molecule has 0 spiro atoms. The average Bonchev–Trinajstić information content (AvgIpc) is 3.30. The molecule has 2 unspecified atom stereocenters. The van der Waals surface area contributed by atoms with Crippen LogP contribution in [0.4, 0.5) is 0 Å². The van der Waals surface area contributed by atoms with E-state index in [4.69, 9.17) is 4.42 Å². The van der Waals surface area contributed by atoms with Gasteiger partial charge in [-0.25, -0.2) is 8.42 Å². The van der Waals surface area contributed by atoms with Gasteiger partial charge in [0, 0.05) is 6.04 Å². The molecule has 1 aliphatic rings. The number of nitrogens with one attached hydrogen (secondary N) is 1. The highest BCUT2D eigenvalue weighted by molar-refractivity contribution is 7.91. The molecule has 29 heavy (non-hydrogen) atoms. The second-order valence-electron chi connectivity index (χ2n) is 7.46. The predicted octanol–water partition coefficient (Wildman–Crippen LogP) is 1.59. The van der Waals surface area contributed by atoms with Crippen molar-refractivity contribution in [3.05, 3.63) is 60.1 Å². The molecule has 1 N–H and O–H groups in total. The summed E-state index contributed by atoms with van der Waals surface area (Å²) >= 11 is 0. The number of rotatable bonds is 9. The number of Topliss-reactive ketones (excluding diaryl/α,β-unsaturated/α-hetero) is 1. The number of amides is 1. The van der Waals surface area contributed by atoms with Gasteiger partial charge >= 0.3 is 0 Å². The molecule has 1 saturated heterocycles. The molecule has 1 aliphatic heterocycles. The van der Waals surface area contributed by atoms with Crippen molar-refractivity contribution in [3.63, 3.8) is 0 Å². The van der Waals surface area contributed by atoms with Gasteiger partial charge in [0.15, 0.2) is 15.6 Å². The van der Waals surface area contributed by atoms with Crippen LogP contribution in [0.3, 0.4) is 0 Å². The summed E-state index contributed by atoms with van der Waals surface area (Å²) < 4.78 is 29.2. The van der Waals surface area contributed by atoms with E-state index >= 15 is 0 Å². The lowest BCUT2D eigenvalue weighted by Gasteiger charge is -2.27. The minimum Gasteiger partial charge on any atom is -0.468 e. The van der Waals surface area contributed by atoms with Crippen LogP contribution in [0.2, 0.25) is 0 Å². The zero-order chi connectivity index (χ0) is 20.9. The van der Waals surface area contributed by atoms with Crippen molar-refractivity contribution in [2.75, 3.05) is 18.1 Å². The first kappa shape index (κ1) is 21.3. The van der Waals surface area contributed by atoms with Gasteiger partial charge in [0.25, 0.3) is 0 Å². The fourth-order valence-electron chi connectivity index (χ4n) is 3.55. The van der Waals surface area contributed by atoms with Crippen LogP contribution in [0.1, 0.15) is 24.7 Å². The molecule has 3 rings (SSSR count). The van der Waals surface area contributed by atoms with Gasteiger partial charge in [-0.2, -0.15) is 0 Å². The lowest BCUT2D eigenvalue weighted by atomic mass is 10.0. The lowest BCUT2D eigenvalue weighted by Crippen LogP contribution is -2.48.